The third-order valence-corrected chi connectivity index (χ3v) is 3.22. The van der Waals surface area contributed by atoms with Crippen LogP contribution in [0.1, 0.15) is 15.9 Å². The van der Waals surface area contributed by atoms with Gasteiger partial charge >= 0.3 is 12.1 Å². The minimum absolute atomic E-state index is 0.00757. The molecule has 0 unspecified atom stereocenters. The molecule has 0 fully saturated rings. The highest BCUT2D eigenvalue weighted by molar-refractivity contribution is 6.30. The van der Waals surface area contributed by atoms with E-state index in [1.54, 1.807) is 29.6 Å². The Labute approximate surface area is 140 Å². The molecule has 0 heterocycles. The first kappa shape index (κ1) is 17.8. The zero-order valence-electron chi connectivity index (χ0n) is 12.2. The van der Waals surface area contributed by atoms with E-state index in [0.717, 1.165) is 0 Å². The second-order valence-electron chi connectivity index (χ2n) is 4.85. The van der Waals surface area contributed by atoms with Gasteiger partial charge in [0, 0.05) is 22.8 Å². The van der Waals surface area contributed by atoms with Crippen molar-refractivity contribution in [3.63, 3.8) is 0 Å². The fourth-order valence-electron chi connectivity index (χ4n) is 1.88. The maximum Gasteiger partial charge on any atom is 0.471 e. The van der Waals surface area contributed by atoms with Gasteiger partial charge in [-0.05, 0) is 35.9 Å². The van der Waals surface area contributed by atoms with Crippen molar-refractivity contribution in [2.24, 2.45) is 0 Å². The monoisotopic (exact) mass is 356 g/mol. The molecule has 2 amide bonds. The summed E-state index contributed by atoms with van der Waals surface area (Å²) in [6.45, 7) is 0.0844. The van der Waals surface area contributed by atoms with Crippen molar-refractivity contribution < 1.29 is 22.8 Å². The lowest BCUT2D eigenvalue weighted by Gasteiger charge is -2.10. The quantitative estimate of drug-likeness (QED) is 0.876. The zero-order valence-corrected chi connectivity index (χ0v) is 12.9. The molecule has 0 saturated heterocycles. The maximum atomic E-state index is 12.2. The van der Waals surface area contributed by atoms with E-state index < -0.39 is 12.1 Å². The molecular weight excluding hydrogens is 345 g/mol. The lowest BCUT2D eigenvalue weighted by atomic mass is 10.1. The number of carbonyl (C=O) groups is 2. The van der Waals surface area contributed by atoms with Crippen LogP contribution >= 0.6 is 11.6 Å². The number of nitrogens with one attached hydrogen (secondary N) is 2. The summed E-state index contributed by atoms with van der Waals surface area (Å²) >= 11 is 5.80. The molecule has 8 heteroatoms. The molecule has 2 aromatic rings. The van der Waals surface area contributed by atoms with Crippen LogP contribution in [0.25, 0.3) is 0 Å². The van der Waals surface area contributed by atoms with Crippen LogP contribution in [0.4, 0.5) is 18.9 Å². The molecule has 0 aliphatic carbocycles. The van der Waals surface area contributed by atoms with Crippen molar-refractivity contribution in [3.05, 3.63) is 64.7 Å². The summed E-state index contributed by atoms with van der Waals surface area (Å²) in [5.41, 5.74) is 0.890. The first-order chi connectivity index (χ1) is 11.3. The SMILES string of the molecule is O=C(NCc1cccc(NC(=O)C(F)(F)F)c1)c1cccc(Cl)c1. The lowest BCUT2D eigenvalue weighted by molar-refractivity contribution is -0.167. The van der Waals surface area contributed by atoms with E-state index >= 15 is 0 Å². The average molecular weight is 357 g/mol. The Balaban J connectivity index is 1.99. The van der Waals surface area contributed by atoms with E-state index in [0.29, 0.717) is 16.1 Å². The molecule has 0 aliphatic rings. The molecule has 24 heavy (non-hydrogen) atoms. The van der Waals surface area contributed by atoms with Gasteiger partial charge < -0.3 is 10.6 Å². The minimum Gasteiger partial charge on any atom is -0.348 e. The van der Waals surface area contributed by atoms with Gasteiger partial charge in [-0.3, -0.25) is 9.59 Å². The molecule has 0 radical (unpaired) electrons. The van der Waals surface area contributed by atoms with Crippen molar-refractivity contribution in [1.29, 1.82) is 0 Å². The highest BCUT2D eigenvalue weighted by atomic mass is 35.5. The van der Waals surface area contributed by atoms with E-state index in [-0.39, 0.29) is 18.1 Å². The van der Waals surface area contributed by atoms with Gasteiger partial charge in [0.25, 0.3) is 5.91 Å². The maximum absolute atomic E-state index is 12.2. The number of rotatable bonds is 4. The van der Waals surface area contributed by atoms with Crippen LogP contribution in [0, 0.1) is 0 Å². The first-order valence-corrected chi connectivity index (χ1v) is 7.14. The molecule has 4 nitrogen and oxygen atoms in total. The molecule has 2 aromatic carbocycles. The van der Waals surface area contributed by atoms with Crippen LogP contribution < -0.4 is 10.6 Å². The third-order valence-electron chi connectivity index (χ3n) is 2.98. The van der Waals surface area contributed by atoms with E-state index in [1.807, 2.05) is 0 Å². The minimum atomic E-state index is -4.96. The van der Waals surface area contributed by atoms with Gasteiger partial charge in [0.1, 0.15) is 0 Å². The normalized spacial score (nSPS) is 11.0. The van der Waals surface area contributed by atoms with Gasteiger partial charge in [-0.15, -0.1) is 0 Å². The first-order valence-electron chi connectivity index (χ1n) is 6.76. The van der Waals surface area contributed by atoms with Crippen molar-refractivity contribution in [2.75, 3.05) is 5.32 Å². The summed E-state index contributed by atoms with van der Waals surface area (Å²) in [5.74, 6) is -2.43. The molecule has 0 spiro atoms. The molecule has 2 N–H and O–H groups in total. The summed E-state index contributed by atoms with van der Waals surface area (Å²) in [5, 5.41) is 4.79. The largest absolute Gasteiger partial charge is 0.471 e. The Morgan fingerprint density at radius 2 is 1.75 bits per heavy atom. The average Bonchev–Trinajstić information content (AvgIpc) is 2.52. The van der Waals surface area contributed by atoms with Crippen molar-refractivity contribution in [2.45, 2.75) is 12.7 Å². The smallest absolute Gasteiger partial charge is 0.348 e. The number of amides is 2. The number of hydrogen-bond donors (Lipinski definition) is 2. The van der Waals surface area contributed by atoms with Gasteiger partial charge in [0.2, 0.25) is 0 Å². The van der Waals surface area contributed by atoms with Gasteiger partial charge in [0.05, 0.1) is 0 Å². The number of hydrogen-bond acceptors (Lipinski definition) is 2. The molecule has 0 aromatic heterocycles. The van der Waals surface area contributed by atoms with Crippen LogP contribution in [0.15, 0.2) is 48.5 Å². The predicted molar refractivity (Wildman–Crippen MR) is 83.7 cm³/mol. The molecule has 0 atom stereocenters. The summed E-state index contributed by atoms with van der Waals surface area (Å²) in [6, 6.07) is 12.1. The second-order valence-corrected chi connectivity index (χ2v) is 5.28. The number of halogens is 4. The number of benzene rings is 2. The fourth-order valence-corrected chi connectivity index (χ4v) is 2.07. The predicted octanol–water partition coefficient (Wildman–Crippen LogP) is 3.77. The van der Waals surface area contributed by atoms with Crippen LogP contribution in [-0.4, -0.2) is 18.0 Å². The summed E-state index contributed by atoms with van der Waals surface area (Å²) in [6.07, 6.45) is -4.96. The Morgan fingerprint density at radius 3 is 2.42 bits per heavy atom. The van der Waals surface area contributed by atoms with Gasteiger partial charge in [-0.2, -0.15) is 13.2 Å². The molecule has 0 bridgehead atoms. The third kappa shape index (κ3) is 4.99. The second kappa shape index (κ2) is 7.35. The van der Waals surface area contributed by atoms with E-state index in [4.69, 9.17) is 11.6 Å². The molecule has 0 aliphatic heterocycles. The number of anilines is 1. The summed E-state index contributed by atoms with van der Waals surface area (Å²) < 4.78 is 36.7. The van der Waals surface area contributed by atoms with Gasteiger partial charge in [0.15, 0.2) is 0 Å². The molecule has 0 saturated carbocycles. The molecular formula is C16H12ClF3N2O2. The van der Waals surface area contributed by atoms with E-state index in [9.17, 15) is 22.8 Å². The highest BCUT2D eigenvalue weighted by Crippen LogP contribution is 2.19. The Hall–Kier alpha value is -2.54. The van der Waals surface area contributed by atoms with Crippen molar-refractivity contribution in [3.8, 4) is 0 Å². The molecule has 126 valence electrons. The number of carbonyl (C=O) groups excluding carboxylic acids is 2. The lowest BCUT2D eigenvalue weighted by Crippen LogP contribution is -2.30. The Kier molecular flexibility index (Phi) is 5.46. The van der Waals surface area contributed by atoms with Crippen LogP contribution in [0.5, 0.6) is 0 Å². The van der Waals surface area contributed by atoms with Crippen LogP contribution in [-0.2, 0) is 11.3 Å². The van der Waals surface area contributed by atoms with Gasteiger partial charge in [-0.1, -0.05) is 29.8 Å². The van der Waals surface area contributed by atoms with Crippen LogP contribution in [0.2, 0.25) is 5.02 Å². The zero-order chi connectivity index (χ0) is 17.7. The highest BCUT2D eigenvalue weighted by Gasteiger charge is 2.38. The van der Waals surface area contributed by atoms with Crippen molar-refractivity contribution >= 4 is 29.1 Å². The van der Waals surface area contributed by atoms with E-state index in [1.165, 1.54) is 24.3 Å². The van der Waals surface area contributed by atoms with Crippen molar-refractivity contribution in [1.82, 2.24) is 5.32 Å². The fraction of sp³-hybridized carbons (Fsp3) is 0.125. The number of alkyl halides is 3. The topological polar surface area (TPSA) is 58.2 Å². The Bertz CT molecular complexity index is 763. The summed E-state index contributed by atoms with van der Waals surface area (Å²) in [7, 11) is 0. The van der Waals surface area contributed by atoms with E-state index in [2.05, 4.69) is 5.32 Å². The Morgan fingerprint density at radius 1 is 1.04 bits per heavy atom. The van der Waals surface area contributed by atoms with Gasteiger partial charge in [-0.25, -0.2) is 0 Å². The summed E-state index contributed by atoms with van der Waals surface area (Å²) in [4.78, 5) is 22.9. The standard InChI is InChI=1S/C16H12ClF3N2O2/c17-12-5-2-4-11(8-12)14(23)21-9-10-3-1-6-13(7-10)22-15(24)16(18,19)20/h1-8H,9H2,(H,21,23)(H,22,24). The van der Waals surface area contributed by atoms with Crippen LogP contribution in [0.3, 0.4) is 0 Å². The molecule has 2 rings (SSSR count).